The summed E-state index contributed by atoms with van der Waals surface area (Å²) in [4.78, 5) is 33.5. The number of benzene rings is 1. The van der Waals surface area contributed by atoms with Gasteiger partial charge >= 0.3 is 0 Å². The Hall–Kier alpha value is -2.89. The molecule has 2 aromatic rings. The summed E-state index contributed by atoms with van der Waals surface area (Å²) in [5, 5.41) is 2.90. The third kappa shape index (κ3) is 5.56. The lowest BCUT2D eigenvalue weighted by Crippen LogP contribution is -2.48. The zero-order valence-electron chi connectivity index (χ0n) is 17.4. The van der Waals surface area contributed by atoms with Crippen LogP contribution in [0.25, 0.3) is 0 Å². The molecule has 0 bridgehead atoms. The van der Waals surface area contributed by atoms with E-state index < -0.39 is 0 Å². The van der Waals surface area contributed by atoms with E-state index >= 15 is 0 Å². The maximum Gasteiger partial charge on any atom is 0.255 e. The number of hydrogen-bond donors (Lipinski definition) is 1. The molecular formula is C23H30N4O2. The fourth-order valence-corrected chi connectivity index (χ4v) is 3.54. The van der Waals surface area contributed by atoms with Crippen LogP contribution in [0.3, 0.4) is 0 Å². The molecule has 29 heavy (non-hydrogen) atoms. The average Bonchev–Trinajstić information content (AvgIpc) is 2.76. The Morgan fingerprint density at radius 1 is 1.03 bits per heavy atom. The van der Waals surface area contributed by atoms with E-state index in [0.29, 0.717) is 30.8 Å². The van der Waals surface area contributed by atoms with Crippen LogP contribution in [0, 0.1) is 6.92 Å². The Morgan fingerprint density at radius 2 is 1.79 bits per heavy atom. The number of carbonyl (C=O) groups is 2. The molecule has 1 fully saturated rings. The summed E-state index contributed by atoms with van der Waals surface area (Å²) in [5.41, 5.74) is 3.33. The number of rotatable bonds is 7. The van der Waals surface area contributed by atoms with Crippen LogP contribution in [0.1, 0.15) is 52.5 Å². The Morgan fingerprint density at radius 3 is 2.52 bits per heavy atom. The molecule has 0 atom stereocenters. The van der Waals surface area contributed by atoms with Crippen LogP contribution in [0.4, 0.5) is 5.69 Å². The quantitative estimate of drug-likeness (QED) is 0.732. The number of piperazine rings is 1. The summed E-state index contributed by atoms with van der Waals surface area (Å²) in [7, 11) is 0. The Kier molecular flexibility index (Phi) is 7.22. The maximum absolute atomic E-state index is 12.9. The second-order valence-corrected chi connectivity index (χ2v) is 7.54. The predicted octanol–water partition coefficient (Wildman–Crippen LogP) is 3.27. The van der Waals surface area contributed by atoms with Crippen LogP contribution in [-0.4, -0.2) is 54.4 Å². The second-order valence-electron chi connectivity index (χ2n) is 7.54. The minimum atomic E-state index is -0.174. The maximum atomic E-state index is 12.9. The number of carbonyl (C=O) groups excluding carboxylic acids is 2. The molecule has 1 saturated heterocycles. The largest absolute Gasteiger partial charge is 0.368 e. The fourth-order valence-electron chi connectivity index (χ4n) is 3.54. The minimum absolute atomic E-state index is 0.0676. The number of hydrogen-bond acceptors (Lipinski definition) is 4. The van der Waals surface area contributed by atoms with Crippen LogP contribution in [0.2, 0.25) is 0 Å². The number of aromatic nitrogens is 1. The van der Waals surface area contributed by atoms with Crippen molar-refractivity contribution in [2.75, 3.05) is 37.6 Å². The van der Waals surface area contributed by atoms with Gasteiger partial charge < -0.3 is 15.1 Å². The lowest BCUT2D eigenvalue weighted by atomic mass is 10.1. The number of unbranched alkanes of at least 4 members (excludes halogenated alkanes) is 2. The van der Waals surface area contributed by atoms with Gasteiger partial charge in [-0.05, 0) is 37.1 Å². The molecule has 0 radical (unpaired) electrons. The first-order valence-electron chi connectivity index (χ1n) is 10.4. The van der Waals surface area contributed by atoms with Crippen molar-refractivity contribution in [1.82, 2.24) is 15.2 Å². The van der Waals surface area contributed by atoms with Crippen molar-refractivity contribution in [1.29, 1.82) is 0 Å². The summed E-state index contributed by atoms with van der Waals surface area (Å²) < 4.78 is 0. The standard InChI is InChI=1S/C23H30N4O2/c1-3-4-5-9-25-22(28)19-15-20(17-24-16-19)23(29)27-12-10-26(11-13-27)21-8-6-7-18(2)14-21/h6-8,14-17H,3-5,9-13H2,1-2H3,(H,25,28). The van der Waals surface area contributed by atoms with Gasteiger partial charge in [-0.1, -0.05) is 31.9 Å². The third-order valence-corrected chi connectivity index (χ3v) is 5.25. The van der Waals surface area contributed by atoms with Gasteiger partial charge in [0.25, 0.3) is 11.8 Å². The molecule has 2 amide bonds. The molecule has 0 unspecified atom stereocenters. The van der Waals surface area contributed by atoms with Gasteiger partial charge in [-0.15, -0.1) is 0 Å². The van der Waals surface area contributed by atoms with Crippen LogP contribution in [0.5, 0.6) is 0 Å². The number of pyridine rings is 1. The lowest BCUT2D eigenvalue weighted by molar-refractivity contribution is 0.0746. The Balaban J connectivity index is 1.57. The number of nitrogens with zero attached hydrogens (tertiary/aromatic N) is 3. The van der Waals surface area contributed by atoms with Crippen molar-refractivity contribution in [3.8, 4) is 0 Å². The zero-order chi connectivity index (χ0) is 20.6. The molecule has 1 N–H and O–H groups in total. The minimum Gasteiger partial charge on any atom is -0.368 e. The zero-order valence-corrected chi connectivity index (χ0v) is 17.4. The molecule has 154 valence electrons. The molecule has 0 aliphatic carbocycles. The molecule has 1 aliphatic heterocycles. The summed E-state index contributed by atoms with van der Waals surface area (Å²) >= 11 is 0. The van der Waals surface area contributed by atoms with Gasteiger partial charge in [0.1, 0.15) is 0 Å². The first-order chi connectivity index (χ1) is 14.1. The summed E-state index contributed by atoms with van der Waals surface area (Å²) in [5.74, 6) is -0.241. The van der Waals surface area contributed by atoms with Crippen LogP contribution in [0.15, 0.2) is 42.7 Å². The molecule has 0 spiro atoms. The normalized spacial score (nSPS) is 14.0. The average molecular weight is 395 g/mol. The molecule has 3 rings (SSSR count). The summed E-state index contributed by atoms with van der Waals surface area (Å²) in [6, 6.07) is 10.1. The van der Waals surface area contributed by atoms with E-state index in [1.54, 1.807) is 12.3 Å². The Bertz CT molecular complexity index is 844. The van der Waals surface area contributed by atoms with E-state index in [-0.39, 0.29) is 11.8 Å². The van der Waals surface area contributed by atoms with E-state index in [4.69, 9.17) is 0 Å². The Labute approximate surface area is 172 Å². The van der Waals surface area contributed by atoms with Crippen molar-refractivity contribution in [3.05, 3.63) is 59.4 Å². The summed E-state index contributed by atoms with van der Waals surface area (Å²) in [6.45, 7) is 7.75. The van der Waals surface area contributed by atoms with E-state index in [0.717, 1.165) is 32.4 Å². The van der Waals surface area contributed by atoms with Gasteiger partial charge in [0.15, 0.2) is 0 Å². The van der Waals surface area contributed by atoms with E-state index in [9.17, 15) is 9.59 Å². The predicted molar refractivity (Wildman–Crippen MR) is 115 cm³/mol. The van der Waals surface area contributed by atoms with E-state index in [1.165, 1.54) is 17.4 Å². The van der Waals surface area contributed by atoms with Gasteiger partial charge in [-0.25, -0.2) is 0 Å². The van der Waals surface area contributed by atoms with Gasteiger partial charge in [0.2, 0.25) is 0 Å². The number of nitrogens with one attached hydrogen (secondary N) is 1. The molecular weight excluding hydrogens is 364 g/mol. The van der Waals surface area contributed by atoms with Crippen molar-refractivity contribution < 1.29 is 9.59 Å². The monoisotopic (exact) mass is 394 g/mol. The second kappa shape index (κ2) is 10.0. The molecule has 6 nitrogen and oxygen atoms in total. The van der Waals surface area contributed by atoms with Crippen molar-refractivity contribution in [2.45, 2.75) is 33.1 Å². The highest BCUT2D eigenvalue weighted by Crippen LogP contribution is 2.18. The molecule has 1 aliphatic rings. The van der Waals surface area contributed by atoms with Gasteiger partial charge in [0, 0.05) is 50.8 Å². The number of amides is 2. The van der Waals surface area contributed by atoms with E-state index in [1.807, 2.05) is 4.90 Å². The van der Waals surface area contributed by atoms with Gasteiger partial charge in [-0.2, -0.15) is 0 Å². The van der Waals surface area contributed by atoms with Crippen LogP contribution < -0.4 is 10.2 Å². The fraction of sp³-hybridized carbons (Fsp3) is 0.435. The molecule has 2 heterocycles. The highest BCUT2D eigenvalue weighted by molar-refractivity contribution is 5.99. The SMILES string of the molecule is CCCCCNC(=O)c1cncc(C(=O)N2CCN(c3cccc(C)c3)CC2)c1. The van der Waals surface area contributed by atoms with Crippen molar-refractivity contribution >= 4 is 17.5 Å². The van der Waals surface area contributed by atoms with Crippen LogP contribution >= 0.6 is 0 Å². The highest BCUT2D eigenvalue weighted by atomic mass is 16.2. The van der Waals surface area contributed by atoms with Gasteiger partial charge in [-0.3, -0.25) is 14.6 Å². The third-order valence-electron chi connectivity index (χ3n) is 5.25. The molecule has 6 heteroatoms. The molecule has 0 saturated carbocycles. The number of anilines is 1. The number of aryl methyl sites for hydroxylation is 1. The molecule has 1 aromatic heterocycles. The first kappa shape index (κ1) is 20.8. The van der Waals surface area contributed by atoms with E-state index in [2.05, 4.69) is 53.3 Å². The smallest absolute Gasteiger partial charge is 0.255 e. The lowest BCUT2D eigenvalue weighted by Gasteiger charge is -2.36. The van der Waals surface area contributed by atoms with Gasteiger partial charge in [0.05, 0.1) is 11.1 Å². The first-order valence-corrected chi connectivity index (χ1v) is 10.4. The van der Waals surface area contributed by atoms with Crippen molar-refractivity contribution in [3.63, 3.8) is 0 Å². The highest BCUT2D eigenvalue weighted by Gasteiger charge is 2.23. The topological polar surface area (TPSA) is 65.5 Å². The molecule has 1 aromatic carbocycles. The summed E-state index contributed by atoms with van der Waals surface area (Å²) in [6.07, 6.45) is 6.22. The van der Waals surface area contributed by atoms with Crippen LogP contribution in [-0.2, 0) is 0 Å². The van der Waals surface area contributed by atoms with Crippen molar-refractivity contribution in [2.24, 2.45) is 0 Å².